The highest BCUT2D eigenvalue weighted by atomic mass is 16.3. The minimum Gasteiger partial charge on any atom is -0.395 e. The Morgan fingerprint density at radius 1 is 1.53 bits per heavy atom. The summed E-state index contributed by atoms with van der Waals surface area (Å²) in [6.07, 6.45) is 3.10. The third-order valence-corrected chi connectivity index (χ3v) is 2.81. The van der Waals surface area contributed by atoms with Gasteiger partial charge in [-0.05, 0) is 19.3 Å². The van der Waals surface area contributed by atoms with Crippen molar-refractivity contribution in [2.45, 2.75) is 32.1 Å². The second kappa shape index (κ2) is 5.27. The molecular formula is C11H18N4O2. The van der Waals surface area contributed by atoms with Gasteiger partial charge in [0.05, 0.1) is 6.61 Å². The predicted octanol–water partition coefficient (Wildman–Crippen LogP) is 0.527. The summed E-state index contributed by atoms with van der Waals surface area (Å²) in [5, 5.41) is 15.7. The number of aromatic nitrogens is 3. The molecule has 0 unspecified atom stereocenters. The second-order valence-electron chi connectivity index (χ2n) is 4.33. The zero-order valence-electron chi connectivity index (χ0n) is 10.0. The molecule has 2 N–H and O–H groups in total. The van der Waals surface area contributed by atoms with E-state index in [2.05, 4.69) is 15.2 Å². The molecule has 94 valence electrons. The van der Waals surface area contributed by atoms with Crippen molar-refractivity contribution < 1.29 is 9.90 Å². The van der Waals surface area contributed by atoms with Gasteiger partial charge in [-0.3, -0.25) is 9.89 Å². The van der Waals surface area contributed by atoms with Crippen molar-refractivity contribution in [3.05, 3.63) is 11.6 Å². The van der Waals surface area contributed by atoms with E-state index in [0.29, 0.717) is 19.0 Å². The van der Waals surface area contributed by atoms with Crippen molar-refractivity contribution in [1.29, 1.82) is 0 Å². The summed E-state index contributed by atoms with van der Waals surface area (Å²) >= 11 is 0. The fourth-order valence-electron chi connectivity index (χ4n) is 1.76. The highest BCUT2D eigenvalue weighted by Crippen LogP contribution is 2.37. The number of nitrogens with zero attached hydrogens (tertiary/aromatic N) is 3. The lowest BCUT2D eigenvalue weighted by atomic mass is 10.3. The van der Waals surface area contributed by atoms with Gasteiger partial charge < -0.3 is 10.0 Å². The van der Waals surface area contributed by atoms with Crippen molar-refractivity contribution in [3.8, 4) is 0 Å². The Morgan fingerprint density at radius 3 is 2.88 bits per heavy atom. The average molecular weight is 238 g/mol. The molecule has 0 radical (unpaired) electrons. The molecule has 1 aromatic heterocycles. The summed E-state index contributed by atoms with van der Waals surface area (Å²) in [7, 11) is 0. The van der Waals surface area contributed by atoms with Crippen LogP contribution in [0.25, 0.3) is 0 Å². The van der Waals surface area contributed by atoms with Crippen molar-refractivity contribution >= 4 is 5.91 Å². The third kappa shape index (κ3) is 2.82. The van der Waals surface area contributed by atoms with E-state index in [-0.39, 0.29) is 18.3 Å². The topological polar surface area (TPSA) is 82.1 Å². The molecular weight excluding hydrogens is 220 g/mol. The summed E-state index contributed by atoms with van der Waals surface area (Å²) in [6, 6.07) is 0. The summed E-state index contributed by atoms with van der Waals surface area (Å²) in [4.78, 5) is 17.9. The first-order valence-electron chi connectivity index (χ1n) is 6.08. The van der Waals surface area contributed by atoms with E-state index in [1.165, 1.54) is 0 Å². The van der Waals surface area contributed by atoms with Gasteiger partial charge in [0, 0.05) is 19.0 Å². The summed E-state index contributed by atoms with van der Waals surface area (Å²) in [5.74, 6) is 1.29. The molecule has 1 heterocycles. The molecule has 1 fully saturated rings. The Kier molecular flexibility index (Phi) is 3.73. The molecule has 17 heavy (non-hydrogen) atoms. The van der Waals surface area contributed by atoms with Crippen LogP contribution in [0, 0.1) is 0 Å². The number of nitrogens with one attached hydrogen (secondary N) is 1. The van der Waals surface area contributed by atoms with Crippen LogP contribution >= 0.6 is 0 Å². The minimum atomic E-state index is -0.205. The molecule has 1 aromatic rings. The van der Waals surface area contributed by atoms with E-state index in [9.17, 15) is 4.79 Å². The molecule has 1 aliphatic rings. The maximum Gasteiger partial charge on any atom is 0.293 e. The van der Waals surface area contributed by atoms with Crippen LogP contribution < -0.4 is 0 Å². The quantitative estimate of drug-likeness (QED) is 0.757. The normalized spacial score (nSPS) is 14.9. The number of carbonyl (C=O) groups is 1. The number of amides is 1. The fraction of sp³-hybridized carbons (Fsp3) is 0.727. The fourth-order valence-corrected chi connectivity index (χ4v) is 1.76. The lowest BCUT2D eigenvalue weighted by Gasteiger charge is -2.18. The molecule has 1 amide bonds. The SMILES string of the molecule is CCCN(CCO)C(=O)c1n[nH]c(C2CC2)n1. The Bertz CT molecular complexity index is 381. The monoisotopic (exact) mass is 238 g/mol. The molecule has 6 nitrogen and oxygen atoms in total. The van der Waals surface area contributed by atoms with Crippen LogP contribution in [0.15, 0.2) is 0 Å². The summed E-state index contributed by atoms with van der Waals surface area (Å²) in [5.41, 5.74) is 0. The van der Waals surface area contributed by atoms with Crippen LogP contribution in [0.2, 0.25) is 0 Å². The molecule has 1 saturated carbocycles. The van der Waals surface area contributed by atoms with Gasteiger partial charge in [-0.1, -0.05) is 6.92 Å². The largest absolute Gasteiger partial charge is 0.395 e. The molecule has 6 heteroatoms. The highest BCUT2D eigenvalue weighted by Gasteiger charge is 2.29. The van der Waals surface area contributed by atoms with E-state index in [4.69, 9.17) is 5.11 Å². The van der Waals surface area contributed by atoms with Crippen LogP contribution in [0.1, 0.15) is 48.5 Å². The highest BCUT2D eigenvalue weighted by molar-refractivity contribution is 5.90. The van der Waals surface area contributed by atoms with E-state index in [1.807, 2.05) is 6.92 Å². The van der Waals surface area contributed by atoms with Gasteiger partial charge >= 0.3 is 0 Å². The van der Waals surface area contributed by atoms with Crippen LogP contribution in [-0.4, -0.2) is 50.8 Å². The molecule has 2 rings (SSSR count). The first-order chi connectivity index (χ1) is 8.26. The van der Waals surface area contributed by atoms with Crippen molar-refractivity contribution in [2.24, 2.45) is 0 Å². The molecule has 1 aliphatic carbocycles. The summed E-state index contributed by atoms with van der Waals surface area (Å²) < 4.78 is 0. The zero-order chi connectivity index (χ0) is 12.3. The molecule has 0 aliphatic heterocycles. The van der Waals surface area contributed by atoms with Crippen LogP contribution in [0.4, 0.5) is 0 Å². The number of hydrogen-bond acceptors (Lipinski definition) is 4. The van der Waals surface area contributed by atoms with Crippen molar-refractivity contribution in [3.63, 3.8) is 0 Å². The van der Waals surface area contributed by atoms with E-state index < -0.39 is 0 Å². The number of hydrogen-bond donors (Lipinski definition) is 2. The molecule has 0 saturated heterocycles. The first kappa shape index (κ1) is 12.0. The van der Waals surface area contributed by atoms with Crippen LogP contribution in [0.5, 0.6) is 0 Å². The molecule has 0 spiro atoms. The number of aliphatic hydroxyl groups is 1. The lowest BCUT2D eigenvalue weighted by molar-refractivity contribution is 0.0710. The third-order valence-electron chi connectivity index (χ3n) is 2.81. The van der Waals surface area contributed by atoms with E-state index >= 15 is 0 Å². The van der Waals surface area contributed by atoms with Gasteiger partial charge in [0.15, 0.2) is 0 Å². The van der Waals surface area contributed by atoms with Gasteiger partial charge in [-0.25, -0.2) is 4.98 Å². The molecule has 0 bridgehead atoms. The number of aliphatic hydroxyl groups excluding tert-OH is 1. The standard InChI is InChI=1S/C11H18N4O2/c1-2-5-15(6-7-16)11(17)10-12-9(13-14-10)8-3-4-8/h8,16H,2-7H2,1H3,(H,12,13,14). The second-order valence-corrected chi connectivity index (χ2v) is 4.33. The van der Waals surface area contributed by atoms with Gasteiger partial charge in [0.2, 0.25) is 5.82 Å². The van der Waals surface area contributed by atoms with E-state index in [0.717, 1.165) is 25.1 Å². The number of carbonyl (C=O) groups excluding carboxylic acids is 1. The Hall–Kier alpha value is -1.43. The molecule has 0 aromatic carbocycles. The van der Waals surface area contributed by atoms with Crippen LogP contribution in [0.3, 0.4) is 0 Å². The Morgan fingerprint density at radius 2 is 2.29 bits per heavy atom. The summed E-state index contributed by atoms with van der Waals surface area (Å²) in [6.45, 7) is 2.91. The first-order valence-corrected chi connectivity index (χ1v) is 6.08. The van der Waals surface area contributed by atoms with E-state index in [1.54, 1.807) is 4.90 Å². The maximum absolute atomic E-state index is 12.1. The lowest BCUT2D eigenvalue weighted by Crippen LogP contribution is -2.34. The number of aromatic amines is 1. The van der Waals surface area contributed by atoms with Crippen LogP contribution in [-0.2, 0) is 0 Å². The predicted molar refractivity (Wildman–Crippen MR) is 61.6 cm³/mol. The van der Waals surface area contributed by atoms with Gasteiger partial charge in [0.1, 0.15) is 5.82 Å². The number of rotatable bonds is 6. The molecule has 0 atom stereocenters. The van der Waals surface area contributed by atoms with Gasteiger partial charge in [0.25, 0.3) is 5.91 Å². The Balaban J connectivity index is 2.04. The maximum atomic E-state index is 12.1. The van der Waals surface area contributed by atoms with Gasteiger partial charge in [-0.15, -0.1) is 5.10 Å². The minimum absolute atomic E-state index is 0.0361. The Labute approximate surface area is 100 Å². The van der Waals surface area contributed by atoms with Crippen molar-refractivity contribution in [2.75, 3.05) is 19.7 Å². The smallest absolute Gasteiger partial charge is 0.293 e. The zero-order valence-corrected chi connectivity index (χ0v) is 10.0. The average Bonchev–Trinajstić information content (AvgIpc) is 3.06. The number of H-pyrrole nitrogens is 1. The van der Waals surface area contributed by atoms with Gasteiger partial charge in [-0.2, -0.15) is 0 Å². The van der Waals surface area contributed by atoms with Crippen molar-refractivity contribution in [1.82, 2.24) is 20.1 Å².